The molecule has 2 heterocycles. The van der Waals surface area contributed by atoms with E-state index in [4.69, 9.17) is 4.74 Å². The standard InChI is InChI=1S/C21H20FN3O4S/c22-16-6-8-18(9-7-16)29-13-21(26)23-20-12-19(15-4-2-1-3-5-15)24-25(20)17-10-11-30(27,28)14-17/h1-9,12,17H,10-11,13-14H2,(H,23,26)/t17-/m0/s1. The van der Waals surface area contributed by atoms with Crippen molar-refractivity contribution in [1.82, 2.24) is 9.78 Å². The molecule has 1 fully saturated rings. The van der Waals surface area contributed by atoms with Gasteiger partial charge in [0.15, 0.2) is 16.4 Å². The highest BCUT2D eigenvalue weighted by molar-refractivity contribution is 7.91. The molecule has 1 amide bonds. The number of halogens is 1. The fourth-order valence-corrected chi connectivity index (χ4v) is 5.03. The van der Waals surface area contributed by atoms with Crippen molar-refractivity contribution in [3.05, 3.63) is 66.5 Å². The maximum absolute atomic E-state index is 13.0. The van der Waals surface area contributed by atoms with Crippen LogP contribution in [0.25, 0.3) is 11.3 Å². The summed E-state index contributed by atoms with van der Waals surface area (Å²) >= 11 is 0. The van der Waals surface area contributed by atoms with Crippen LogP contribution in [0.4, 0.5) is 10.2 Å². The molecule has 1 aromatic heterocycles. The Kier molecular flexibility index (Phi) is 5.54. The van der Waals surface area contributed by atoms with Gasteiger partial charge in [-0.05, 0) is 30.7 Å². The van der Waals surface area contributed by atoms with Crippen molar-refractivity contribution in [3.8, 4) is 17.0 Å². The van der Waals surface area contributed by atoms with Crippen LogP contribution in [0.5, 0.6) is 5.75 Å². The van der Waals surface area contributed by atoms with E-state index in [-0.39, 0.29) is 24.2 Å². The number of aromatic nitrogens is 2. The van der Waals surface area contributed by atoms with Crippen molar-refractivity contribution in [2.75, 3.05) is 23.4 Å². The average Bonchev–Trinajstić information content (AvgIpc) is 3.31. The fourth-order valence-electron chi connectivity index (χ4n) is 3.34. The third-order valence-corrected chi connectivity index (χ3v) is 6.56. The van der Waals surface area contributed by atoms with E-state index in [1.807, 2.05) is 30.3 Å². The van der Waals surface area contributed by atoms with Crippen molar-refractivity contribution in [1.29, 1.82) is 0 Å². The Balaban J connectivity index is 1.53. The minimum absolute atomic E-state index is 0.0160. The van der Waals surface area contributed by atoms with Gasteiger partial charge in [0.1, 0.15) is 17.4 Å². The summed E-state index contributed by atoms with van der Waals surface area (Å²) in [6.45, 7) is -0.277. The molecule has 156 valence electrons. The number of anilines is 1. The lowest BCUT2D eigenvalue weighted by Gasteiger charge is -2.14. The van der Waals surface area contributed by atoms with Crippen molar-refractivity contribution >= 4 is 21.6 Å². The molecular weight excluding hydrogens is 409 g/mol. The van der Waals surface area contributed by atoms with Crippen LogP contribution in [-0.4, -0.2) is 42.2 Å². The molecule has 0 radical (unpaired) electrons. The van der Waals surface area contributed by atoms with Crippen LogP contribution in [-0.2, 0) is 14.6 Å². The monoisotopic (exact) mass is 429 g/mol. The molecule has 7 nitrogen and oxygen atoms in total. The number of hydrogen-bond acceptors (Lipinski definition) is 5. The Bertz CT molecular complexity index is 1140. The van der Waals surface area contributed by atoms with Crippen molar-refractivity contribution in [2.45, 2.75) is 12.5 Å². The van der Waals surface area contributed by atoms with Crippen molar-refractivity contribution in [3.63, 3.8) is 0 Å². The molecule has 0 unspecified atom stereocenters. The number of hydrogen-bond donors (Lipinski definition) is 1. The summed E-state index contributed by atoms with van der Waals surface area (Å²) in [5.74, 6) is 0.0316. The highest BCUT2D eigenvalue weighted by Crippen LogP contribution is 2.30. The number of nitrogens with zero attached hydrogens (tertiary/aromatic N) is 2. The molecule has 4 rings (SSSR count). The van der Waals surface area contributed by atoms with E-state index >= 15 is 0 Å². The van der Waals surface area contributed by atoms with Gasteiger partial charge in [-0.25, -0.2) is 17.5 Å². The zero-order valence-corrected chi connectivity index (χ0v) is 16.8. The number of nitrogens with one attached hydrogen (secondary N) is 1. The van der Waals surface area contributed by atoms with E-state index in [0.29, 0.717) is 23.7 Å². The van der Waals surface area contributed by atoms with Gasteiger partial charge in [0, 0.05) is 11.6 Å². The summed E-state index contributed by atoms with van der Waals surface area (Å²) in [7, 11) is -3.12. The van der Waals surface area contributed by atoms with Crippen molar-refractivity contribution in [2.24, 2.45) is 0 Å². The summed E-state index contributed by atoms with van der Waals surface area (Å²) in [5, 5.41) is 7.32. The van der Waals surface area contributed by atoms with E-state index in [1.165, 1.54) is 24.3 Å². The van der Waals surface area contributed by atoms with Crippen LogP contribution in [0.3, 0.4) is 0 Å². The minimum Gasteiger partial charge on any atom is -0.484 e. The minimum atomic E-state index is -3.12. The molecule has 0 saturated carbocycles. The SMILES string of the molecule is O=C(COc1ccc(F)cc1)Nc1cc(-c2ccccc2)nn1[C@H]1CCS(=O)(=O)C1. The highest BCUT2D eigenvalue weighted by atomic mass is 32.2. The number of amides is 1. The summed E-state index contributed by atoms with van der Waals surface area (Å²) in [6, 6.07) is 16.2. The van der Waals surface area contributed by atoms with Gasteiger partial charge < -0.3 is 10.1 Å². The Morgan fingerprint density at radius 3 is 2.57 bits per heavy atom. The third-order valence-electron chi connectivity index (χ3n) is 4.81. The number of carbonyl (C=O) groups excluding carboxylic acids is 1. The van der Waals surface area contributed by atoms with E-state index in [9.17, 15) is 17.6 Å². The number of sulfone groups is 1. The molecule has 9 heteroatoms. The first-order valence-electron chi connectivity index (χ1n) is 9.43. The maximum Gasteiger partial charge on any atom is 0.263 e. The number of rotatable bonds is 6. The van der Waals surface area contributed by atoms with Crippen LogP contribution >= 0.6 is 0 Å². The molecule has 1 saturated heterocycles. The molecule has 1 aliphatic rings. The molecule has 3 aromatic rings. The van der Waals surface area contributed by atoms with Crippen LogP contribution < -0.4 is 10.1 Å². The second-order valence-electron chi connectivity index (χ2n) is 7.07. The van der Waals surface area contributed by atoms with Gasteiger partial charge in [-0.2, -0.15) is 5.10 Å². The van der Waals surface area contributed by atoms with Gasteiger partial charge in [-0.15, -0.1) is 0 Å². The zero-order chi connectivity index (χ0) is 21.1. The van der Waals surface area contributed by atoms with Gasteiger partial charge in [0.05, 0.1) is 23.2 Å². The summed E-state index contributed by atoms with van der Waals surface area (Å²) in [6.07, 6.45) is 0.438. The molecule has 30 heavy (non-hydrogen) atoms. The predicted octanol–water partition coefficient (Wildman–Crippen LogP) is 3.07. The van der Waals surface area contributed by atoms with Crippen molar-refractivity contribution < 1.29 is 22.3 Å². The molecule has 1 atom stereocenters. The number of carbonyl (C=O) groups is 1. The molecule has 0 spiro atoms. The van der Waals surface area contributed by atoms with E-state index in [1.54, 1.807) is 10.7 Å². The lowest BCUT2D eigenvalue weighted by Crippen LogP contribution is -2.23. The largest absolute Gasteiger partial charge is 0.484 e. The van der Waals surface area contributed by atoms with Gasteiger partial charge in [0.25, 0.3) is 5.91 Å². The van der Waals surface area contributed by atoms with Gasteiger partial charge >= 0.3 is 0 Å². The highest BCUT2D eigenvalue weighted by Gasteiger charge is 2.31. The Labute approximate surface area is 173 Å². The van der Waals surface area contributed by atoms with Crippen LogP contribution in [0.1, 0.15) is 12.5 Å². The Morgan fingerprint density at radius 2 is 1.90 bits per heavy atom. The number of ether oxygens (including phenoxy) is 1. The maximum atomic E-state index is 13.0. The summed E-state index contributed by atoms with van der Waals surface area (Å²) in [5.41, 5.74) is 1.49. The average molecular weight is 429 g/mol. The Morgan fingerprint density at radius 1 is 1.17 bits per heavy atom. The topological polar surface area (TPSA) is 90.3 Å². The predicted molar refractivity (Wildman–Crippen MR) is 110 cm³/mol. The van der Waals surface area contributed by atoms with Crippen LogP contribution in [0, 0.1) is 5.82 Å². The zero-order valence-electron chi connectivity index (χ0n) is 16.0. The van der Waals surface area contributed by atoms with E-state index in [0.717, 1.165) is 5.56 Å². The second kappa shape index (κ2) is 8.27. The molecular formula is C21H20FN3O4S. The first-order valence-corrected chi connectivity index (χ1v) is 11.3. The van der Waals surface area contributed by atoms with Crippen LogP contribution in [0.15, 0.2) is 60.7 Å². The normalized spacial score (nSPS) is 17.6. The molecule has 2 aromatic carbocycles. The lowest BCUT2D eigenvalue weighted by molar-refractivity contribution is -0.118. The molecule has 1 N–H and O–H groups in total. The van der Waals surface area contributed by atoms with E-state index < -0.39 is 21.6 Å². The van der Waals surface area contributed by atoms with Gasteiger partial charge in [-0.1, -0.05) is 30.3 Å². The number of benzene rings is 2. The molecule has 1 aliphatic heterocycles. The quantitative estimate of drug-likeness (QED) is 0.650. The van der Waals surface area contributed by atoms with Gasteiger partial charge in [-0.3, -0.25) is 4.79 Å². The molecule has 0 aliphatic carbocycles. The first-order chi connectivity index (χ1) is 14.4. The fraction of sp³-hybridized carbons (Fsp3) is 0.238. The summed E-state index contributed by atoms with van der Waals surface area (Å²) in [4.78, 5) is 12.4. The van der Waals surface area contributed by atoms with Crippen LogP contribution in [0.2, 0.25) is 0 Å². The van der Waals surface area contributed by atoms with Gasteiger partial charge in [0.2, 0.25) is 0 Å². The lowest BCUT2D eigenvalue weighted by atomic mass is 10.1. The van der Waals surface area contributed by atoms with E-state index in [2.05, 4.69) is 10.4 Å². The third kappa shape index (κ3) is 4.68. The Hall–Kier alpha value is -3.20. The summed E-state index contributed by atoms with van der Waals surface area (Å²) < 4.78 is 43.8. The first kappa shape index (κ1) is 20.1. The second-order valence-corrected chi connectivity index (χ2v) is 9.30. The molecule has 0 bridgehead atoms. The smallest absolute Gasteiger partial charge is 0.263 e.